The number of piperidine rings is 1. The molecule has 0 radical (unpaired) electrons. The molecule has 0 atom stereocenters. The van der Waals surface area contributed by atoms with Gasteiger partial charge in [-0.05, 0) is 70.3 Å². The molecule has 148 valence electrons. The fourth-order valence-corrected chi connectivity index (χ4v) is 3.13. The number of halogens is 1. The zero-order valence-corrected chi connectivity index (χ0v) is 19.0. The van der Waals surface area contributed by atoms with Crippen LogP contribution in [0.15, 0.2) is 29.3 Å². The van der Waals surface area contributed by atoms with Crippen LogP contribution in [0.1, 0.15) is 39.2 Å². The second-order valence-electron chi connectivity index (χ2n) is 7.09. The maximum absolute atomic E-state index is 5.22. The molecule has 0 bridgehead atoms. The van der Waals surface area contributed by atoms with Gasteiger partial charge in [0.25, 0.3) is 0 Å². The van der Waals surface area contributed by atoms with Gasteiger partial charge in [0.1, 0.15) is 5.75 Å². The number of methoxy groups -OCH3 is 1. The van der Waals surface area contributed by atoms with Gasteiger partial charge in [-0.2, -0.15) is 0 Å². The average molecular weight is 474 g/mol. The predicted octanol–water partition coefficient (Wildman–Crippen LogP) is 3.49. The third-order valence-electron chi connectivity index (χ3n) is 4.55. The number of hydrogen-bond acceptors (Lipinski definition) is 3. The highest BCUT2D eigenvalue weighted by Gasteiger charge is 2.19. The summed E-state index contributed by atoms with van der Waals surface area (Å²) < 4.78 is 5.22. The topological polar surface area (TPSA) is 48.9 Å². The molecule has 0 aliphatic carbocycles. The van der Waals surface area contributed by atoms with Crippen LogP contribution in [0.25, 0.3) is 0 Å². The smallest absolute Gasteiger partial charge is 0.191 e. The molecule has 0 saturated carbocycles. The largest absolute Gasteiger partial charge is 0.497 e. The standard InChI is InChI=1S/C20H34N4O.HI/c1-5-21-20(23-16(2)3)22-14-17-10-12-24(13-11-17)15-18-6-8-19(25-4)9-7-18;/h6-9,16-17H,5,10-15H2,1-4H3,(H2,21,22,23);1H. The Morgan fingerprint density at radius 2 is 1.88 bits per heavy atom. The van der Waals surface area contributed by atoms with Gasteiger partial charge in [0.15, 0.2) is 5.96 Å². The van der Waals surface area contributed by atoms with Crippen LogP contribution >= 0.6 is 24.0 Å². The number of guanidine groups is 1. The lowest BCUT2D eigenvalue weighted by atomic mass is 9.96. The van der Waals surface area contributed by atoms with Gasteiger partial charge in [0, 0.05) is 25.7 Å². The van der Waals surface area contributed by atoms with E-state index in [0.29, 0.717) is 12.0 Å². The highest BCUT2D eigenvalue weighted by Crippen LogP contribution is 2.20. The summed E-state index contributed by atoms with van der Waals surface area (Å²) in [6, 6.07) is 8.82. The van der Waals surface area contributed by atoms with Crippen molar-refractivity contribution in [2.24, 2.45) is 10.9 Å². The Bertz CT molecular complexity index is 525. The molecule has 2 N–H and O–H groups in total. The van der Waals surface area contributed by atoms with E-state index >= 15 is 0 Å². The maximum atomic E-state index is 5.22. The van der Waals surface area contributed by atoms with Crippen molar-refractivity contribution in [3.8, 4) is 5.75 Å². The van der Waals surface area contributed by atoms with E-state index in [-0.39, 0.29) is 24.0 Å². The Morgan fingerprint density at radius 3 is 2.42 bits per heavy atom. The van der Waals surface area contributed by atoms with Gasteiger partial charge in [-0.3, -0.25) is 9.89 Å². The molecule has 26 heavy (non-hydrogen) atoms. The van der Waals surface area contributed by atoms with Crippen LogP contribution in [0, 0.1) is 5.92 Å². The summed E-state index contributed by atoms with van der Waals surface area (Å²) in [6.45, 7) is 11.5. The van der Waals surface area contributed by atoms with E-state index in [4.69, 9.17) is 9.73 Å². The van der Waals surface area contributed by atoms with E-state index in [1.54, 1.807) is 7.11 Å². The van der Waals surface area contributed by atoms with Gasteiger partial charge in [-0.15, -0.1) is 24.0 Å². The highest BCUT2D eigenvalue weighted by atomic mass is 127. The summed E-state index contributed by atoms with van der Waals surface area (Å²) in [4.78, 5) is 7.31. The zero-order chi connectivity index (χ0) is 18.1. The summed E-state index contributed by atoms with van der Waals surface area (Å²) >= 11 is 0. The van der Waals surface area contributed by atoms with Gasteiger partial charge in [0.05, 0.1) is 7.11 Å². The molecule has 5 nitrogen and oxygen atoms in total. The van der Waals surface area contributed by atoms with Crippen LogP contribution in [0.2, 0.25) is 0 Å². The van der Waals surface area contributed by atoms with Crippen molar-refractivity contribution >= 4 is 29.9 Å². The molecule has 1 aromatic rings. The fourth-order valence-electron chi connectivity index (χ4n) is 3.13. The number of aliphatic imine (C=N–C) groups is 1. The summed E-state index contributed by atoms with van der Waals surface area (Å²) in [7, 11) is 1.71. The molecule has 1 aliphatic rings. The normalized spacial score (nSPS) is 16.3. The lowest BCUT2D eigenvalue weighted by Gasteiger charge is -2.31. The molecule has 1 aromatic carbocycles. The molecule has 0 unspecified atom stereocenters. The first-order valence-electron chi connectivity index (χ1n) is 9.50. The first kappa shape index (κ1) is 23.0. The predicted molar refractivity (Wildman–Crippen MR) is 121 cm³/mol. The van der Waals surface area contributed by atoms with Gasteiger partial charge < -0.3 is 15.4 Å². The SMILES string of the molecule is CCNC(=NCC1CCN(Cc2ccc(OC)cc2)CC1)NC(C)C.I. The molecular formula is C20H35IN4O. The monoisotopic (exact) mass is 474 g/mol. The minimum absolute atomic E-state index is 0. The Kier molecular flexibility index (Phi) is 11.0. The van der Waals surface area contributed by atoms with Crippen molar-refractivity contribution in [2.75, 3.05) is 33.3 Å². The van der Waals surface area contributed by atoms with E-state index in [0.717, 1.165) is 44.4 Å². The molecular weight excluding hydrogens is 439 g/mol. The van der Waals surface area contributed by atoms with Crippen LogP contribution in [0.3, 0.4) is 0 Å². The van der Waals surface area contributed by atoms with Gasteiger partial charge >= 0.3 is 0 Å². The molecule has 1 saturated heterocycles. The third kappa shape index (κ3) is 8.12. The van der Waals surface area contributed by atoms with Gasteiger partial charge in [-0.1, -0.05) is 12.1 Å². The van der Waals surface area contributed by atoms with Gasteiger partial charge in [0.2, 0.25) is 0 Å². The summed E-state index contributed by atoms with van der Waals surface area (Å²) in [5.74, 6) is 2.56. The lowest BCUT2D eigenvalue weighted by Crippen LogP contribution is -2.41. The minimum atomic E-state index is 0. The van der Waals surface area contributed by atoms with E-state index in [1.165, 1.54) is 18.4 Å². The van der Waals surface area contributed by atoms with Gasteiger partial charge in [-0.25, -0.2) is 0 Å². The third-order valence-corrected chi connectivity index (χ3v) is 4.55. The van der Waals surface area contributed by atoms with Crippen molar-refractivity contribution in [1.82, 2.24) is 15.5 Å². The maximum Gasteiger partial charge on any atom is 0.191 e. The summed E-state index contributed by atoms with van der Waals surface area (Å²) in [6.07, 6.45) is 2.45. The number of nitrogens with one attached hydrogen (secondary N) is 2. The van der Waals surface area contributed by atoms with Crippen LogP contribution in [0.4, 0.5) is 0 Å². The average Bonchev–Trinajstić information content (AvgIpc) is 2.61. The quantitative estimate of drug-likeness (QED) is 0.361. The summed E-state index contributed by atoms with van der Waals surface area (Å²) in [5, 5.41) is 6.71. The van der Waals surface area contributed by atoms with E-state index < -0.39 is 0 Å². The molecule has 6 heteroatoms. The lowest BCUT2D eigenvalue weighted by molar-refractivity contribution is 0.180. The molecule has 1 aliphatic heterocycles. The van der Waals surface area contributed by atoms with E-state index in [1.807, 2.05) is 12.1 Å². The first-order valence-corrected chi connectivity index (χ1v) is 9.50. The number of nitrogens with zero attached hydrogens (tertiary/aromatic N) is 2. The Morgan fingerprint density at radius 1 is 1.23 bits per heavy atom. The van der Waals surface area contributed by atoms with Crippen molar-refractivity contribution in [3.63, 3.8) is 0 Å². The zero-order valence-electron chi connectivity index (χ0n) is 16.6. The van der Waals surface area contributed by atoms with Crippen molar-refractivity contribution in [2.45, 2.75) is 46.2 Å². The number of ether oxygens (including phenoxy) is 1. The van der Waals surface area contributed by atoms with Crippen molar-refractivity contribution in [3.05, 3.63) is 29.8 Å². The van der Waals surface area contributed by atoms with Crippen molar-refractivity contribution in [1.29, 1.82) is 0 Å². The molecule has 1 heterocycles. The Labute approximate surface area is 176 Å². The van der Waals surface area contributed by atoms with Crippen LogP contribution < -0.4 is 15.4 Å². The number of rotatable bonds is 7. The van der Waals surface area contributed by atoms with E-state index in [2.05, 4.69) is 48.4 Å². The number of likely N-dealkylation sites (tertiary alicyclic amines) is 1. The molecule has 0 aromatic heterocycles. The second kappa shape index (κ2) is 12.4. The molecule has 2 rings (SSSR count). The van der Waals surface area contributed by atoms with Crippen LogP contribution in [-0.4, -0.2) is 50.2 Å². The van der Waals surface area contributed by atoms with Crippen molar-refractivity contribution < 1.29 is 4.74 Å². The summed E-state index contributed by atoms with van der Waals surface area (Å²) in [5.41, 5.74) is 1.35. The molecule has 0 spiro atoms. The highest BCUT2D eigenvalue weighted by molar-refractivity contribution is 14.0. The fraction of sp³-hybridized carbons (Fsp3) is 0.650. The Hall–Kier alpha value is -1.02. The van der Waals surface area contributed by atoms with Crippen LogP contribution in [0.5, 0.6) is 5.75 Å². The first-order chi connectivity index (χ1) is 12.1. The van der Waals surface area contributed by atoms with E-state index in [9.17, 15) is 0 Å². The minimum Gasteiger partial charge on any atom is -0.497 e. The molecule has 0 amide bonds. The number of benzene rings is 1. The Balaban J connectivity index is 0.00000338. The number of hydrogen-bond donors (Lipinski definition) is 2. The van der Waals surface area contributed by atoms with Crippen LogP contribution in [-0.2, 0) is 6.54 Å². The molecule has 1 fully saturated rings. The second-order valence-corrected chi connectivity index (χ2v) is 7.09.